The van der Waals surface area contributed by atoms with Gasteiger partial charge < -0.3 is 10.5 Å². The number of hydrogen-bond acceptors (Lipinski definition) is 2. The van der Waals surface area contributed by atoms with Gasteiger partial charge in [0.05, 0.1) is 18.8 Å². The molecule has 0 heterocycles. The fraction of sp³-hybridized carbons (Fsp3) is 0.455. The van der Waals surface area contributed by atoms with Crippen LogP contribution >= 0.6 is 0 Å². The minimum Gasteiger partial charge on any atom is -0.377 e. The molecule has 1 atom stereocenters. The topological polar surface area (TPSA) is 35.2 Å². The van der Waals surface area contributed by atoms with E-state index in [1.807, 2.05) is 0 Å². The molecule has 16 heavy (non-hydrogen) atoms. The second-order valence-electron chi connectivity index (χ2n) is 3.75. The molecule has 5 heteroatoms. The maximum absolute atomic E-state index is 13.3. The summed E-state index contributed by atoms with van der Waals surface area (Å²) in [5.41, 5.74) is 5.53. The molecule has 2 N–H and O–H groups in total. The molecule has 0 aliphatic heterocycles. The molecule has 0 amide bonds. The summed E-state index contributed by atoms with van der Waals surface area (Å²) in [6, 6.07) is 1.17. The number of nitrogens with two attached hydrogens (primary N) is 1. The molecular weight excluding hydrogens is 219 g/mol. The lowest BCUT2D eigenvalue weighted by Crippen LogP contribution is -2.21. The molecule has 0 aliphatic carbocycles. The van der Waals surface area contributed by atoms with E-state index < -0.39 is 23.5 Å². The molecule has 0 spiro atoms. The molecule has 0 aromatic heterocycles. The third-order valence-electron chi connectivity index (χ3n) is 2.07. The van der Waals surface area contributed by atoms with Gasteiger partial charge >= 0.3 is 0 Å². The van der Waals surface area contributed by atoms with E-state index in [1.54, 1.807) is 13.8 Å². The van der Waals surface area contributed by atoms with Crippen molar-refractivity contribution in [2.75, 3.05) is 6.61 Å². The Morgan fingerprint density at radius 2 is 1.81 bits per heavy atom. The standard InChI is InChI=1S/C11H14F3NO/c1-6(2)16-5-9(15)7-3-4-8(12)11(14)10(7)13/h3-4,6,9H,5,15H2,1-2H3. The van der Waals surface area contributed by atoms with Gasteiger partial charge in [0.2, 0.25) is 0 Å². The Bertz CT molecular complexity index is 368. The summed E-state index contributed by atoms with van der Waals surface area (Å²) in [5, 5.41) is 0. The van der Waals surface area contributed by atoms with E-state index in [1.165, 1.54) is 0 Å². The molecule has 0 saturated heterocycles. The van der Waals surface area contributed by atoms with Gasteiger partial charge in [0.1, 0.15) is 0 Å². The van der Waals surface area contributed by atoms with Crippen LogP contribution in [0.15, 0.2) is 12.1 Å². The lowest BCUT2D eigenvalue weighted by Gasteiger charge is -2.15. The highest BCUT2D eigenvalue weighted by Gasteiger charge is 2.18. The molecule has 90 valence electrons. The van der Waals surface area contributed by atoms with Gasteiger partial charge in [-0.25, -0.2) is 13.2 Å². The highest BCUT2D eigenvalue weighted by atomic mass is 19.2. The first-order chi connectivity index (χ1) is 7.43. The van der Waals surface area contributed by atoms with Crippen molar-refractivity contribution in [3.63, 3.8) is 0 Å². The van der Waals surface area contributed by atoms with Crippen LogP contribution in [0.4, 0.5) is 13.2 Å². The van der Waals surface area contributed by atoms with Gasteiger partial charge in [-0.2, -0.15) is 0 Å². The van der Waals surface area contributed by atoms with Crippen LogP contribution in [-0.4, -0.2) is 12.7 Å². The van der Waals surface area contributed by atoms with Crippen LogP contribution in [0, 0.1) is 17.5 Å². The SMILES string of the molecule is CC(C)OCC(N)c1ccc(F)c(F)c1F. The normalized spacial score (nSPS) is 13.2. The minimum absolute atomic E-state index is 0.0552. The highest BCUT2D eigenvalue weighted by molar-refractivity contribution is 5.23. The van der Waals surface area contributed by atoms with E-state index in [4.69, 9.17) is 10.5 Å². The van der Waals surface area contributed by atoms with Crippen molar-refractivity contribution in [3.05, 3.63) is 35.1 Å². The van der Waals surface area contributed by atoms with Gasteiger partial charge in [-0.1, -0.05) is 6.07 Å². The molecule has 1 aromatic rings. The lowest BCUT2D eigenvalue weighted by molar-refractivity contribution is 0.0675. The van der Waals surface area contributed by atoms with Crippen LogP contribution in [0.5, 0.6) is 0 Å². The van der Waals surface area contributed by atoms with E-state index >= 15 is 0 Å². The first-order valence-electron chi connectivity index (χ1n) is 4.94. The van der Waals surface area contributed by atoms with Crippen LogP contribution in [0.3, 0.4) is 0 Å². The first-order valence-corrected chi connectivity index (χ1v) is 4.94. The number of halogens is 3. The smallest absolute Gasteiger partial charge is 0.194 e. The summed E-state index contributed by atoms with van der Waals surface area (Å²) in [7, 11) is 0. The van der Waals surface area contributed by atoms with Gasteiger partial charge in [-0.3, -0.25) is 0 Å². The van der Waals surface area contributed by atoms with Crippen LogP contribution in [0.1, 0.15) is 25.5 Å². The van der Waals surface area contributed by atoms with Crippen LogP contribution < -0.4 is 5.73 Å². The van der Waals surface area contributed by atoms with Gasteiger partial charge in [0.15, 0.2) is 17.5 Å². The van der Waals surface area contributed by atoms with Crippen LogP contribution in [-0.2, 0) is 4.74 Å². The highest BCUT2D eigenvalue weighted by Crippen LogP contribution is 2.20. The zero-order valence-electron chi connectivity index (χ0n) is 9.14. The predicted octanol–water partition coefficient (Wildman–Crippen LogP) is 2.53. The van der Waals surface area contributed by atoms with Crippen molar-refractivity contribution in [3.8, 4) is 0 Å². The first kappa shape index (κ1) is 13.0. The van der Waals surface area contributed by atoms with Gasteiger partial charge in [-0.15, -0.1) is 0 Å². The molecule has 1 aromatic carbocycles. The summed E-state index contributed by atoms with van der Waals surface area (Å²) in [5.74, 6) is -3.98. The van der Waals surface area contributed by atoms with E-state index in [9.17, 15) is 13.2 Å². The van der Waals surface area contributed by atoms with Gasteiger partial charge in [0, 0.05) is 5.56 Å². The predicted molar refractivity (Wildman–Crippen MR) is 54.3 cm³/mol. The quantitative estimate of drug-likeness (QED) is 0.811. The summed E-state index contributed by atoms with van der Waals surface area (Å²) < 4.78 is 44.0. The van der Waals surface area contributed by atoms with Gasteiger partial charge in [0.25, 0.3) is 0 Å². The fourth-order valence-electron chi connectivity index (χ4n) is 1.21. The zero-order valence-corrected chi connectivity index (χ0v) is 9.14. The molecular formula is C11H14F3NO. The largest absolute Gasteiger partial charge is 0.377 e. The molecule has 1 unspecified atom stereocenters. The number of rotatable bonds is 4. The summed E-state index contributed by atoms with van der Waals surface area (Å²) >= 11 is 0. The second-order valence-corrected chi connectivity index (χ2v) is 3.75. The van der Waals surface area contributed by atoms with Crippen LogP contribution in [0.2, 0.25) is 0 Å². The molecule has 0 fully saturated rings. The molecule has 0 bridgehead atoms. The Balaban J connectivity index is 2.84. The third kappa shape index (κ3) is 2.96. The Hall–Kier alpha value is -1.07. The molecule has 0 aliphatic rings. The van der Waals surface area contributed by atoms with Gasteiger partial charge in [-0.05, 0) is 19.9 Å². The molecule has 1 rings (SSSR count). The zero-order chi connectivity index (χ0) is 12.3. The Kier molecular flexibility index (Phi) is 4.32. The van der Waals surface area contributed by atoms with E-state index in [0.717, 1.165) is 12.1 Å². The van der Waals surface area contributed by atoms with Crippen molar-refractivity contribution >= 4 is 0 Å². The Labute approximate surface area is 92.2 Å². The summed E-state index contributed by atoms with van der Waals surface area (Å²) in [4.78, 5) is 0. The second kappa shape index (κ2) is 5.32. The maximum atomic E-state index is 13.3. The van der Waals surface area contributed by atoms with Crippen molar-refractivity contribution in [2.45, 2.75) is 26.0 Å². The maximum Gasteiger partial charge on any atom is 0.194 e. The van der Waals surface area contributed by atoms with Crippen molar-refractivity contribution in [1.29, 1.82) is 0 Å². The minimum atomic E-state index is -1.50. The molecule has 2 nitrogen and oxygen atoms in total. The van der Waals surface area contributed by atoms with Crippen molar-refractivity contribution in [1.82, 2.24) is 0 Å². The molecule has 0 saturated carbocycles. The average Bonchev–Trinajstić information content (AvgIpc) is 2.23. The van der Waals surface area contributed by atoms with Crippen molar-refractivity contribution in [2.24, 2.45) is 5.73 Å². The monoisotopic (exact) mass is 233 g/mol. The van der Waals surface area contributed by atoms with Crippen molar-refractivity contribution < 1.29 is 17.9 Å². The average molecular weight is 233 g/mol. The Morgan fingerprint density at radius 1 is 1.19 bits per heavy atom. The van der Waals surface area contributed by atoms with Crippen LogP contribution in [0.25, 0.3) is 0 Å². The lowest BCUT2D eigenvalue weighted by atomic mass is 10.1. The summed E-state index contributed by atoms with van der Waals surface area (Å²) in [6.45, 7) is 3.66. The number of ether oxygens (including phenoxy) is 1. The van der Waals surface area contributed by atoms with E-state index in [-0.39, 0.29) is 18.3 Å². The molecule has 0 radical (unpaired) electrons. The third-order valence-corrected chi connectivity index (χ3v) is 2.07. The summed E-state index contributed by atoms with van der Waals surface area (Å²) in [6.07, 6.45) is -0.0561. The van der Waals surface area contributed by atoms with E-state index in [2.05, 4.69) is 0 Å². The number of benzene rings is 1. The fourth-order valence-corrected chi connectivity index (χ4v) is 1.21. The number of hydrogen-bond donors (Lipinski definition) is 1. The van der Waals surface area contributed by atoms with E-state index in [0.29, 0.717) is 0 Å². The Morgan fingerprint density at radius 3 is 2.38 bits per heavy atom.